The Hall–Kier alpha value is -1.90. The fourth-order valence-electron chi connectivity index (χ4n) is 1.87. The van der Waals surface area contributed by atoms with Gasteiger partial charge < -0.3 is 5.32 Å². The van der Waals surface area contributed by atoms with Crippen molar-refractivity contribution in [2.24, 2.45) is 9.98 Å². The highest BCUT2D eigenvalue weighted by Crippen LogP contribution is 2.24. The van der Waals surface area contributed by atoms with Crippen molar-refractivity contribution in [2.75, 3.05) is 0 Å². The van der Waals surface area contributed by atoms with Crippen LogP contribution in [0.4, 0.5) is 0 Å². The predicted molar refractivity (Wildman–Crippen MR) is 57.3 cm³/mol. The number of nitrogens with zero attached hydrogens (tertiary/aromatic N) is 2. The van der Waals surface area contributed by atoms with Crippen molar-refractivity contribution in [3.05, 3.63) is 49.0 Å². The molecule has 3 nitrogen and oxygen atoms in total. The molecule has 68 valence electrons. The Kier molecular flexibility index (Phi) is 1.36. The minimum Gasteiger partial charge on any atom is -0.371 e. The average Bonchev–Trinajstić information content (AvgIpc) is 2.26. The van der Waals surface area contributed by atoms with E-state index in [1.165, 1.54) is 0 Å². The van der Waals surface area contributed by atoms with Crippen molar-refractivity contribution < 1.29 is 0 Å². The predicted octanol–water partition coefficient (Wildman–Crippen LogP) is 1.33. The molecule has 1 N–H and O–H groups in total. The second kappa shape index (κ2) is 2.54. The van der Waals surface area contributed by atoms with Crippen molar-refractivity contribution in [1.29, 1.82) is 0 Å². The molecule has 0 saturated heterocycles. The second-order valence-electron chi connectivity index (χ2n) is 3.33. The van der Waals surface area contributed by atoms with Gasteiger partial charge in [0.25, 0.3) is 0 Å². The lowest BCUT2D eigenvalue weighted by Gasteiger charge is -2.36. The van der Waals surface area contributed by atoms with Crippen LogP contribution in [0.5, 0.6) is 0 Å². The number of hydrogen-bond acceptors (Lipinski definition) is 3. The van der Waals surface area contributed by atoms with Gasteiger partial charge in [-0.3, -0.25) is 9.98 Å². The van der Waals surface area contributed by atoms with Crippen LogP contribution >= 0.6 is 0 Å². The van der Waals surface area contributed by atoms with E-state index in [9.17, 15) is 0 Å². The Morgan fingerprint density at radius 2 is 1.86 bits per heavy atom. The van der Waals surface area contributed by atoms with Crippen molar-refractivity contribution >= 4 is 11.4 Å². The number of nitrogens with one attached hydrogen (secondary N) is 1. The summed E-state index contributed by atoms with van der Waals surface area (Å²) in [7, 11) is 0. The molecule has 3 heteroatoms. The maximum Gasteiger partial charge on any atom is 0.141 e. The first kappa shape index (κ1) is 7.50. The van der Waals surface area contributed by atoms with Gasteiger partial charge in [0.2, 0.25) is 0 Å². The van der Waals surface area contributed by atoms with E-state index in [0.717, 1.165) is 11.4 Å². The number of aliphatic imine (C=N–C) groups is 2. The zero-order valence-corrected chi connectivity index (χ0v) is 7.51. The fourth-order valence-corrected chi connectivity index (χ4v) is 1.87. The van der Waals surface area contributed by atoms with Gasteiger partial charge in [0.05, 0.1) is 11.4 Å². The topological polar surface area (TPSA) is 36.8 Å². The number of hydrogen-bond donors (Lipinski definition) is 1. The van der Waals surface area contributed by atoms with Gasteiger partial charge >= 0.3 is 0 Å². The van der Waals surface area contributed by atoms with Crippen molar-refractivity contribution in [3.63, 3.8) is 0 Å². The Morgan fingerprint density at radius 1 is 1.00 bits per heavy atom. The van der Waals surface area contributed by atoms with E-state index in [-0.39, 0.29) is 5.54 Å². The molecule has 0 aromatic heterocycles. The molecular weight excluding hydrogens is 174 g/mol. The largest absolute Gasteiger partial charge is 0.371 e. The highest BCUT2D eigenvalue weighted by atomic mass is 15.1. The average molecular weight is 183 g/mol. The molecule has 0 radical (unpaired) electrons. The molecule has 1 atom stereocenters. The maximum absolute atomic E-state index is 4.35. The molecule has 2 aliphatic heterocycles. The minimum absolute atomic E-state index is 0.321. The van der Waals surface area contributed by atoms with E-state index < -0.39 is 0 Å². The molecule has 1 aliphatic carbocycles. The Morgan fingerprint density at radius 3 is 2.86 bits per heavy atom. The summed E-state index contributed by atoms with van der Waals surface area (Å²) in [6, 6.07) is 0. The zero-order chi connectivity index (χ0) is 9.43. The Balaban J connectivity index is 2.22. The normalized spacial score (nSPS) is 31.4. The molecule has 0 amide bonds. The third kappa shape index (κ3) is 0.812. The molecule has 2 heterocycles. The van der Waals surface area contributed by atoms with E-state index in [0.29, 0.717) is 0 Å². The molecule has 0 fully saturated rings. The van der Waals surface area contributed by atoms with Gasteiger partial charge in [-0.15, -0.1) is 0 Å². The molecule has 0 aromatic carbocycles. The van der Waals surface area contributed by atoms with E-state index in [1.807, 2.05) is 30.5 Å². The van der Waals surface area contributed by atoms with Gasteiger partial charge in [-0.1, -0.05) is 12.2 Å². The third-order valence-corrected chi connectivity index (χ3v) is 2.56. The van der Waals surface area contributed by atoms with Gasteiger partial charge in [0, 0.05) is 18.6 Å². The van der Waals surface area contributed by atoms with E-state index in [1.54, 1.807) is 12.4 Å². The van der Waals surface area contributed by atoms with Crippen LogP contribution in [0.1, 0.15) is 0 Å². The van der Waals surface area contributed by atoms with Crippen LogP contribution in [0.2, 0.25) is 0 Å². The van der Waals surface area contributed by atoms with Crippen molar-refractivity contribution in [2.45, 2.75) is 5.54 Å². The van der Waals surface area contributed by atoms with E-state index >= 15 is 0 Å². The van der Waals surface area contributed by atoms with Gasteiger partial charge in [-0.05, 0) is 18.2 Å². The highest BCUT2D eigenvalue weighted by molar-refractivity contribution is 6.28. The smallest absolute Gasteiger partial charge is 0.141 e. The first-order valence-electron chi connectivity index (χ1n) is 4.53. The lowest BCUT2D eigenvalue weighted by atomic mass is 9.82. The summed E-state index contributed by atoms with van der Waals surface area (Å²) in [6.45, 7) is 0. The van der Waals surface area contributed by atoms with Crippen LogP contribution in [-0.2, 0) is 0 Å². The van der Waals surface area contributed by atoms with Crippen molar-refractivity contribution in [3.8, 4) is 0 Å². The number of rotatable bonds is 0. The Bertz CT molecular complexity index is 439. The summed E-state index contributed by atoms with van der Waals surface area (Å²) in [4.78, 5) is 8.69. The minimum atomic E-state index is -0.321. The molecule has 3 rings (SSSR count). The molecule has 1 spiro atoms. The van der Waals surface area contributed by atoms with Crippen LogP contribution in [0, 0.1) is 0 Å². The third-order valence-electron chi connectivity index (χ3n) is 2.56. The summed E-state index contributed by atoms with van der Waals surface area (Å²) in [5.41, 5.74) is 1.66. The van der Waals surface area contributed by atoms with Crippen LogP contribution in [-0.4, -0.2) is 17.0 Å². The second-order valence-corrected chi connectivity index (χ2v) is 3.33. The molecular formula is C11H9N3. The van der Waals surface area contributed by atoms with Gasteiger partial charge in [0.1, 0.15) is 5.54 Å². The lowest BCUT2D eigenvalue weighted by molar-refractivity contribution is 0.749. The summed E-state index contributed by atoms with van der Waals surface area (Å²) in [6.07, 6.45) is 15.4. The SMILES string of the molecule is C1=CC2=NC=CC3=NC=CNC23C=C1. The van der Waals surface area contributed by atoms with Crippen LogP contribution < -0.4 is 5.32 Å². The van der Waals surface area contributed by atoms with Crippen LogP contribution in [0.15, 0.2) is 59.0 Å². The van der Waals surface area contributed by atoms with Gasteiger partial charge in [0.15, 0.2) is 0 Å². The van der Waals surface area contributed by atoms with Crippen LogP contribution in [0.25, 0.3) is 0 Å². The summed E-state index contributed by atoms with van der Waals surface area (Å²) in [5.74, 6) is 0. The van der Waals surface area contributed by atoms with E-state index in [4.69, 9.17) is 0 Å². The summed E-state index contributed by atoms with van der Waals surface area (Å²) < 4.78 is 0. The number of allylic oxidation sites excluding steroid dienone is 2. The quantitative estimate of drug-likeness (QED) is 0.604. The first-order chi connectivity index (χ1) is 6.92. The molecule has 0 saturated carbocycles. The van der Waals surface area contributed by atoms with Gasteiger partial charge in [-0.25, -0.2) is 0 Å². The van der Waals surface area contributed by atoms with Crippen LogP contribution in [0.3, 0.4) is 0 Å². The Labute approximate surface area is 82.0 Å². The zero-order valence-electron chi connectivity index (χ0n) is 7.51. The van der Waals surface area contributed by atoms with Crippen molar-refractivity contribution in [1.82, 2.24) is 5.32 Å². The van der Waals surface area contributed by atoms with E-state index in [2.05, 4.69) is 21.4 Å². The monoisotopic (exact) mass is 183 g/mol. The molecule has 0 aromatic rings. The summed E-state index contributed by atoms with van der Waals surface area (Å²) in [5, 5.41) is 3.31. The molecule has 3 aliphatic rings. The maximum atomic E-state index is 4.35. The first-order valence-corrected chi connectivity index (χ1v) is 4.53. The molecule has 1 unspecified atom stereocenters. The fraction of sp³-hybridized carbons (Fsp3) is 0.0909. The lowest BCUT2D eigenvalue weighted by Crippen LogP contribution is -2.56. The molecule has 0 bridgehead atoms. The standard InChI is InChI=1S/C11H9N3/c1-2-5-11-9(3-1)12-6-4-10(11)13-7-8-14-11/h1-8,14H. The van der Waals surface area contributed by atoms with Gasteiger partial charge in [-0.2, -0.15) is 0 Å². The molecule has 14 heavy (non-hydrogen) atoms. The highest BCUT2D eigenvalue weighted by Gasteiger charge is 2.38. The summed E-state index contributed by atoms with van der Waals surface area (Å²) >= 11 is 0.